The second kappa shape index (κ2) is 26.8. The van der Waals surface area contributed by atoms with Crippen molar-refractivity contribution >= 4 is 43.1 Å². The van der Waals surface area contributed by atoms with Crippen LogP contribution in [-0.2, 0) is 52.4 Å². The summed E-state index contributed by atoms with van der Waals surface area (Å²) in [5, 5.41) is 6.57. The molecule has 0 aliphatic rings. The first-order chi connectivity index (χ1) is 36.3. The topological polar surface area (TPSA) is 0 Å². The monoisotopic (exact) mass is 1300 g/mol. The van der Waals surface area contributed by atoms with Crippen molar-refractivity contribution in [2.45, 2.75) is 0 Å². The van der Waals surface area contributed by atoms with Crippen LogP contribution < -0.4 is 24.8 Å². The van der Waals surface area contributed by atoms with E-state index in [1.165, 1.54) is 0 Å². The molecule has 0 nitrogen and oxygen atoms in total. The minimum absolute atomic E-state index is 0. The summed E-state index contributed by atoms with van der Waals surface area (Å²) in [6.45, 7) is 0. The summed E-state index contributed by atoms with van der Waals surface area (Å²) in [5.41, 5.74) is 0.126. The maximum atomic E-state index is 13.7. The molecule has 12 aromatic carbocycles. The molecule has 0 saturated carbocycles. The second-order valence-electron chi connectivity index (χ2n) is 16.9. The summed E-state index contributed by atoms with van der Waals surface area (Å²) in [7, 11) is 0. The Morgan fingerprint density at radius 1 is 0.212 bits per heavy atom. The quantitative estimate of drug-likeness (QED) is 0.0713. The van der Waals surface area contributed by atoms with Crippen molar-refractivity contribution in [3.8, 4) is 44.5 Å². The van der Waals surface area contributed by atoms with Crippen molar-refractivity contribution in [1.82, 2.24) is 0 Å². The van der Waals surface area contributed by atoms with Crippen LogP contribution in [0.5, 0.6) is 0 Å². The summed E-state index contributed by atoms with van der Waals surface area (Å²) in [5.74, 6) is -25.5. The summed E-state index contributed by atoms with van der Waals surface area (Å²) in [6, 6.07) is 44.3. The SMILES string of the molecule is Fc1cc(-c2cc3ccccc3[cH-]2)c(F)c(F)c1F.Fc1cc(-c2cc3ccccc3[cH-]2)c(F)c(F)c1F.Fc1cc(-c2cc3ccccc3[cH-]2)c(F)c(F)c1F.Fc1cc(-c2cc3ccccc3[cH-]2)c(F)c(F)c1F.[Cl-].[Cl-].[Zr+2].[Zr+2]. The molecule has 0 spiro atoms. The van der Waals surface area contributed by atoms with Crippen molar-refractivity contribution in [2.75, 3.05) is 0 Å². The van der Waals surface area contributed by atoms with Gasteiger partial charge >= 0.3 is 52.4 Å². The number of fused-ring (bicyclic) bond motifs is 4. The van der Waals surface area contributed by atoms with Gasteiger partial charge in [0.15, 0.2) is 69.8 Å². The van der Waals surface area contributed by atoms with Crippen molar-refractivity contribution in [3.63, 3.8) is 0 Å². The van der Waals surface area contributed by atoms with Gasteiger partial charge in [-0.15, -0.1) is 138 Å². The molecule has 12 aromatic rings. The van der Waals surface area contributed by atoms with Crippen LogP contribution in [0.2, 0.25) is 0 Å². The average Bonchev–Trinajstić information content (AvgIpc) is 4.26. The van der Waals surface area contributed by atoms with Crippen LogP contribution in [0, 0.1) is 93.1 Å². The van der Waals surface area contributed by atoms with E-state index in [-0.39, 0.29) is 99.5 Å². The minimum Gasteiger partial charge on any atom is -1.00 e. The molecule has 0 atom stereocenters. The number of rotatable bonds is 4. The first-order valence-corrected chi connectivity index (χ1v) is 22.3. The van der Waals surface area contributed by atoms with Gasteiger partial charge in [-0.3, -0.25) is 0 Å². The van der Waals surface area contributed by atoms with E-state index in [1.54, 1.807) is 146 Å². The van der Waals surface area contributed by atoms with Gasteiger partial charge in [0.2, 0.25) is 0 Å². The fourth-order valence-corrected chi connectivity index (χ4v) is 8.36. The predicted octanol–water partition coefficient (Wildman–Crippen LogP) is 13.1. The van der Waals surface area contributed by atoms with Crippen LogP contribution in [0.3, 0.4) is 0 Å². The molecule has 0 fully saturated rings. The maximum absolute atomic E-state index is 13.7. The van der Waals surface area contributed by atoms with Crippen LogP contribution in [-0.4, -0.2) is 0 Å². The molecule has 12 rings (SSSR count). The van der Waals surface area contributed by atoms with Crippen LogP contribution >= 0.6 is 0 Å². The Hall–Kier alpha value is -6.57. The molecule has 404 valence electrons. The molecule has 0 radical (unpaired) electrons. The van der Waals surface area contributed by atoms with Gasteiger partial charge in [0.05, 0.1) is 0 Å². The standard InChI is InChI=1S/4C15H7F4.2ClH.2Zr/c4*16-12-7-11(13(17)15(19)14(12)18)10-5-8-3-1-2-4-9(8)6-10;;;;/h4*1-7H;2*1H;;/q4*-1;;;2*+2/p-2. The average molecular weight is 1310 g/mol. The van der Waals surface area contributed by atoms with Gasteiger partial charge in [-0.1, -0.05) is 72.8 Å². The third kappa shape index (κ3) is 12.9. The molecule has 0 saturated heterocycles. The third-order valence-electron chi connectivity index (χ3n) is 12.1. The Labute approximate surface area is 494 Å². The Kier molecular flexibility index (Phi) is 21.5. The molecule has 20 heteroatoms. The molecule has 0 amide bonds. The zero-order valence-corrected chi connectivity index (χ0v) is 46.4. The Morgan fingerprint density at radius 2 is 0.388 bits per heavy atom. The van der Waals surface area contributed by atoms with Gasteiger partial charge in [0.25, 0.3) is 0 Å². The van der Waals surface area contributed by atoms with Gasteiger partial charge in [0, 0.05) is 0 Å². The zero-order valence-electron chi connectivity index (χ0n) is 40.0. The van der Waals surface area contributed by atoms with Gasteiger partial charge in [-0.25, -0.2) is 70.2 Å². The summed E-state index contributed by atoms with van der Waals surface area (Å²) in [6.07, 6.45) is 0. The van der Waals surface area contributed by atoms with E-state index in [9.17, 15) is 70.2 Å². The molecule has 0 aromatic heterocycles. The Balaban J connectivity index is 0.000000193. The predicted molar refractivity (Wildman–Crippen MR) is 259 cm³/mol. The fourth-order valence-electron chi connectivity index (χ4n) is 8.36. The summed E-state index contributed by atoms with van der Waals surface area (Å²) < 4.78 is 212. The van der Waals surface area contributed by atoms with Crippen LogP contribution in [0.25, 0.3) is 87.6 Å². The Bertz CT molecular complexity index is 3510. The summed E-state index contributed by atoms with van der Waals surface area (Å²) >= 11 is 0. The van der Waals surface area contributed by atoms with E-state index in [2.05, 4.69) is 0 Å². The maximum Gasteiger partial charge on any atom is 2.00 e. The van der Waals surface area contributed by atoms with Crippen molar-refractivity contribution < 1.29 is 147 Å². The number of hydrogen-bond acceptors (Lipinski definition) is 0. The smallest absolute Gasteiger partial charge is 1.00 e. The van der Waals surface area contributed by atoms with E-state index >= 15 is 0 Å². The molecular weight excluding hydrogens is 1280 g/mol. The molecule has 0 unspecified atom stereocenters. The van der Waals surface area contributed by atoms with E-state index < -0.39 is 93.1 Å². The van der Waals surface area contributed by atoms with Gasteiger partial charge in [-0.2, -0.15) is 0 Å². The number of hydrogen-bond donors (Lipinski definition) is 0. The number of halogens is 18. The first-order valence-electron chi connectivity index (χ1n) is 22.3. The van der Waals surface area contributed by atoms with Crippen molar-refractivity contribution in [2.24, 2.45) is 0 Å². The van der Waals surface area contributed by atoms with E-state index in [0.717, 1.165) is 43.1 Å². The van der Waals surface area contributed by atoms with E-state index in [4.69, 9.17) is 0 Å². The zero-order chi connectivity index (χ0) is 54.3. The van der Waals surface area contributed by atoms with Gasteiger partial charge in [-0.05, 0) is 46.5 Å². The van der Waals surface area contributed by atoms with Gasteiger partial charge in [0.1, 0.15) is 23.3 Å². The molecule has 0 N–H and O–H groups in total. The molecule has 0 heterocycles. The second-order valence-corrected chi connectivity index (χ2v) is 16.9. The van der Waals surface area contributed by atoms with E-state index in [0.29, 0.717) is 46.5 Å². The van der Waals surface area contributed by atoms with Crippen LogP contribution in [0.1, 0.15) is 0 Å². The van der Waals surface area contributed by atoms with Crippen molar-refractivity contribution in [3.05, 3.63) is 263 Å². The molecule has 0 bridgehead atoms. The normalized spacial score (nSPS) is 10.6. The Morgan fingerprint density at radius 3 is 0.562 bits per heavy atom. The molecular formula is C60H28Cl2F16Zr2-2. The number of benzene rings is 8. The van der Waals surface area contributed by atoms with Gasteiger partial charge < -0.3 is 24.8 Å². The molecule has 0 aliphatic heterocycles. The van der Waals surface area contributed by atoms with Crippen LogP contribution in [0.15, 0.2) is 170 Å². The fraction of sp³-hybridized carbons (Fsp3) is 0. The van der Waals surface area contributed by atoms with Crippen LogP contribution in [0.4, 0.5) is 70.2 Å². The van der Waals surface area contributed by atoms with Crippen molar-refractivity contribution in [1.29, 1.82) is 0 Å². The molecule has 0 aliphatic carbocycles. The minimum atomic E-state index is -1.79. The largest absolute Gasteiger partial charge is 2.00 e. The summed E-state index contributed by atoms with van der Waals surface area (Å²) in [4.78, 5) is 0. The first kappa shape index (κ1) is 64.2. The van der Waals surface area contributed by atoms with E-state index in [1.807, 2.05) is 0 Å². The molecule has 80 heavy (non-hydrogen) atoms. The third-order valence-corrected chi connectivity index (χ3v) is 12.1.